The van der Waals surface area contributed by atoms with Gasteiger partial charge >= 0.3 is 0 Å². The van der Waals surface area contributed by atoms with Crippen LogP contribution in [0.3, 0.4) is 0 Å². The number of hydrogen-bond donors (Lipinski definition) is 1. The minimum absolute atomic E-state index is 0.613. The minimum atomic E-state index is 0.613. The molecule has 0 aliphatic heterocycles. The fourth-order valence-electron chi connectivity index (χ4n) is 2.61. The second-order valence-corrected chi connectivity index (χ2v) is 5.42. The molecule has 0 amide bonds. The zero-order valence-corrected chi connectivity index (χ0v) is 10.4. The number of hydrogen-bond acceptors (Lipinski definition) is 2. The Morgan fingerprint density at radius 1 is 1.38 bits per heavy atom. The van der Waals surface area contributed by atoms with Crippen LogP contribution in [0.1, 0.15) is 57.6 Å². The monoisotopic (exact) mass is 221 g/mol. The second kappa shape index (κ2) is 4.89. The van der Waals surface area contributed by atoms with Crippen LogP contribution in [0.4, 0.5) is 5.69 Å². The summed E-state index contributed by atoms with van der Waals surface area (Å²) in [5, 5.41) is 4.67. The first kappa shape index (κ1) is 11.5. The van der Waals surface area contributed by atoms with Crippen molar-refractivity contribution in [1.82, 2.24) is 9.78 Å². The van der Waals surface area contributed by atoms with Gasteiger partial charge in [0, 0.05) is 18.7 Å². The van der Waals surface area contributed by atoms with E-state index in [-0.39, 0.29) is 0 Å². The quantitative estimate of drug-likeness (QED) is 0.852. The number of anilines is 1. The molecule has 0 aromatic carbocycles. The normalized spacial score (nSPS) is 18.2. The molecule has 0 atom stereocenters. The maximum atomic E-state index is 6.06. The lowest BCUT2D eigenvalue weighted by molar-refractivity contribution is 0.424. The van der Waals surface area contributed by atoms with Gasteiger partial charge in [0.15, 0.2) is 0 Å². The smallest absolute Gasteiger partial charge is 0.0884 e. The molecule has 3 nitrogen and oxygen atoms in total. The summed E-state index contributed by atoms with van der Waals surface area (Å²) in [4.78, 5) is 0. The number of nitrogen functional groups attached to an aromatic ring is 1. The summed E-state index contributed by atoms with van der Waals surface area (Å²) in [5.41, 5.74) is 8.11. The minimum Gasteiger partial charge on any atom is -0.396 e. The summed E-state index contributed by atoms with van der Waals surface area (Å²) in [6.07, 6.45) is 8.58. The Hall–Kier alpha value is -0.990. The fourth-order valence-corrected chi connectivity index (χ4v) is 2.61. The Balaban J connectivity index is 2.10. The van der Waals surface area contributed by atoms with Gasteiger partial charge in [-0.15, -0.1) is 0 Å². The van der Waals surface area contributed by atoms with Gasteiger partial charge in [0.1, 0.15) is 0 Å². The highest BCUT2D eigenvalue weighted by Gasteiger charge is 2.20. The van der Waals surface area contributed by atoms with Gasteiger partial charge in [-0.05, 0) is 18.8 Å². The first-order valence-corrected chi connectivity index (χ1v) is 6.49. The van der Waals surface area contributed by atoms with E-state index in [1.54, 1.807) is 0 Å². The predicted octanol–water partition coefficient (Wildman–Crippen LogP) is 3.17. The number of aromatic nitrogens is 2. The second-order valence-electron chi connectivity index (χ2n) is 5.42. The van der Waals surface area contributed by atoms with Gasteiger partial charge in [-0.1, -0.05) is 33.1 Å². The molecule has 1 heterocycles. The molecule has 2 rings (SSSR count). The molecule has 1 fully saturated rings. The summed E-state index contributed by atoms with van der Waals surface area (Å²) in [5.74, 6) is 1.24. The first-order chi connectivity index (χ1) is 7.66. The maximum Gasteiger partial charge on any atom is 0.0884 e. The first-order valence-electron chi connectivity index (χ1n) is 6.49. The third-order valence-electron chi connectivity index (χ3n) is 3.36. The summed E-state index contributed by atoms with van der Waals surface area (Å²) >= 11 is 0. The van der Waals surface area contributed by atoms with Crippen molar-refractivity contribution in [1.29, 1.82) is 0 Å². The van der Waals surface area contributed by atoms with Crippen LogP contribution in [0, 0.1) is 5.92 Å². The molecule has 0 unspecified atom stereocenters. The van der Waals surface area contributed by atoms with Crippen molar-refractivity contribution in [2.24, 2.45) is 5.92 Å². The molecule has 16 heavy (non-hydrogen) atoms. The summed E-state index contributed by atoms with van der Waals surface area (Å²) in [6.45, 7) is 5.38. The van der Waals surface area contributed by atoms with Crippen molar-refractivity contribution in [2.45, 2.75) is 58.4 Å². The standard InChI is InChI=1S/C13H23N3/c1-10(2)8-16-9-12(14)13(15-16)11-6-4-3-5-7-11/h9-11H,3-8,14H2,1-2H3. The largest absolute Gasteiger partial charge is 0.396 e. The van der Waals surface area contributed by atoms with Crippen molar-refractivity contribution in [3.8, 4) is 0 Å². The zero-order valence-electron chi connectivity index (χ0n) is 10.4. The van der Waals surface area contributed by atoms with E-state index in [0.717, 1.165) is 17.9 Å². The summed E-state index contributed by atoms with van der Waals surface area (Å²) in [6, 6.07) is 0. The van der Waals surface area contributed by atoms with E-state index in [4.69, 9.17) is 5.73 Å². The Bertz CT molecular complexity index is 335. The van der Waals surface area contributed by atoms with E-state index in [0.29, 0.717) is 11.8 Å². The van der Waals surface area contributed by atoms with Gasteiger partial charge < -0.3 is 5.73 Å². The molecule has 3 heteroatoms. The molecular formula is C13H23N3. The lowest BCUT2D eigenvalue weighted by atomic mass is 9.86. The van der Waals surface area contributed by atoms with Crippen molar-refractivity contribution < 1.29 is 0 Å². The number of nitrogens with zero attached hydrogens (tertiary/aromatic N) is 2. The van der Waals surface area contributed by atoms with E-state index in [1.807, 2.05) is 10.9 Å². The third kappa shape index (κ3) is 2.57. The molecular weight excluding hydrogens is 198 g/mol. The molecule has 1 saturated carbocycles. The highest BCUT2D eigenvalue weighted by Crippen LogP contribution is 2.34. The molecule has 90 valence electrons. The zero-order chi connectivity index (χ0) is 11.5. The molecule has 1 aliphatic carbocycles. The summed E-state index contributed by atoms with van der Waals surface area (Å²) in [7, 11) is 0. The van der Waals surface area contributed by atoms with Crippen LogP contribution in [0.15, 0.2) is 6.20 Å². The van der Waals surface area contributed by atoms with Gasteiger partial charge in [0.2, 0.25) is 0 Å². The lowest BCUT2D eigenvalue weighted by Gasteiger charge is -2.20. The third-order valence-corrected chi connectivity index (χ3v) is 3.36. The van der Waals surface area contributed by atoms with Crippen molar-refractivity contribution in [3.63, 3.8) is 0 Å². The molecule has 2 N–H and O–H groups in total. The van der Waals surface area contributed by atoms with Crippen LogP contribution in [0.5, 0.6) is 0 Å². The van der Waals surface area contributed by atoms with Crippen LogP contribution in [-0.4, -0.2) is 9.78 Å². The van der Waals surface area contributed by atoms with Crippen molar-refractivity contribution >= 4 is 5.69 Å². The number of rotatable bonds is 3. The molecule has 0 bridgehead atoms. The van der Waals surface area contributed by atoms with E-state index in [1.165, 1.54) is 32.1 Å². The van der Waals surface area contributed by atoms with Gasteiger partial charge in [-0.25, -0.2) is 0 Å². The Labute approximate surface area is 98.0 Å². The topological polar surface area (TPSA) is 43.8 Å². The van der Waals surface area contributed by atoms with E-state index < -0.39 is 0 Å². The maximum absolute atomic E-state index is 6.06. The molecule has 1 aliphatic rings. The van der Waals surface area contributed by atoms with Gasteiger partial charge in [-0.2, -0.15) is 5.10 Å². The predicted molar refractivity (Wildman–Crippen MR) is 67.3 cm³/mol. The Morgan fingerprint density at radius 2 is 2.06 bits per heavy atom. The van der Waals surface area contributed by atoms with E-state index >= 15 is 0 Å². The highest BCUT2D eigenvalue weighted by atomic mass is 15.3. The van der Waals surface area contributed by atoms with Gasteiger partial charge in [0.25, 0.3) is 0 Å². The van der Waals surface area contributed by atoms with Crippen LogP contribution in [0.2, 0.25) is 0 Å². The Kier molecular flexibility index (Phi) is 3.52. The lowest BCUT2D eigenvalue weighted by Crippen LogP contribution is -2.09. The molecule has 1 aromatic rings. The van der Waals surface area contributed by atoms with Crippen LogP contribution >= 0.6 is 0 Å². The van der Waals surface area contributed by atoms with Crippen LogP contribution in [-0.2, 0) is 6.54 Å². The van der Waals surface area contributed by atoms with Gasteiger partial charge in [0.05, 0.1) is 11.4 Å². The Morgan fingerprint density at radius 3 is 2.69 bits per heavy atom. The van der Waals surface area contributed by atoms with Crippen LogP contribution in [0.25, 0.3) is 0 Å². The molecule has 0 radical (unpaired) electrons. The average molecular weight is 221 g/mol. The van der Waals surface area contributed by atoms with E-state index in [2.05, 4.69) is 18.9 Å². The number of nitrogens with two attached hydrogens (primary N) is 1. The van der Waals surface area contributed by atoms with Crippen LogP contribution < -0.4 is 5.73 Å². The molecule has 0 spiro atoms. The highest BCUT2D eigenvalue weighted by molar-refractivity contribution is 5.42. The summed E-state index contributed by atoms with van der Waals surface area (Å²) < 4.78 is 2.02. The van der Waals surface area contributed by atoms with Crippen molar-refractivity contribution in [3.05, 3.63) is 11.9 Å². The fraction of sp³-hybridized carbons (Fsp3) is 0.769. The van der Waals surface area contributed by atoms with Crippen molar-refractivity contribution in [2.75, 3.05) is 5.73 Å². The van der Waals surface area contributed by atoms with E-state index in [9.17, 15) is 0 Å². The molecule has 0 saturated heterocycles. The van der Waals surface area contributed by atoms with Gasteiger partial charge in [-0.3, -0.25) is 4.68 Å². The average Bonchev–Trinajstić information content (AvgIpc) is 2.60. The SMILES string of the molecule is CC(C)Cn1cc(N)c(C2CCCCC2)n1. The molecule has 1 aromatic heterocycles.